The van der Waals surface area contributed by atoms with Crippen LogP contribution in [0.5, 0.6) is 0 Å². The van der Waals surface area contributed by atoms with Crippen LogP contribution in [0.4, 0.5) is 16.2 Å². The number of carbonyl (C=O) groups is 1. The Morgan fingerprint density at radius 1 is 1.16 bits per heavy atom. The number of amides is 2. The topological polar surface area (TPSA) is 93.5 Å². The summed E-state index contributed by atoms with van der Waals surface area (Å²) in [6.07, 6.45) is 0.873. The molecule has 1 aliphatic heterocycles. The van der Waals surface area contributed by atoms with Crippen LogP contribution in [-0.2, 0) is 4.74 Å². The van der Waals surface area contributed by atoms with E-state index in [0.717, 1.165) is 12.0 Å². The van der Waals surface area contributed by atoms with Crippen molar-refractivity contribution in [3.63, 3.8) is 0 Å². The van der Waals surface area contributed by atoms with Crippen LogP contribution in [0.3, 0.4) is 0 Å². The zero-order valence-corrected chi connectivity index (χ0v) is 13.6. The van der Waals surface area contributed by atoms with Crippen molar-refractivity contribution in [2.45, 2.75) is 12.5 Å². The number of hydrogen-bond acceptors (Lipinski definition) is 4. The average molecular weight is 341 g/mol. The van der Waals surface area contributed by atoms with Crippen molar-refractivity contribution >= 4 is 17.4 Å². The summed E-state index contributed by atoms with van der Waals surface area (Å²) in [6, 6.07) is 15.3. The highest BCUT2D eigenvalue weighted by Crippen LogP contribution is 2.33. The predicted molar refractivity (Wildman–Crippen MR) is 93.4 cm³/mol. The van der Waals surface area contributed by atoms with E-state index in [-0.39, 0.29) is 23.7 Å². The van der Waals surface area contributed by atoms with Crippen molar-refractivity contribution in [2.24, 2.45) is 5.92 Å². The first-order valence-electron chi connectivity index (χ1n) is 8.09. The van der Waals surface area contributed by atoms with Crippen LogP contribution in [-0.4, -0.2) is 24.1 Å². The molecule has 25 heavy (non-hydrogen) atoms. The zero-order chi connectivity index (χ0) is 17.6. The Hall–Kier alpha value is -2.93. The summed E-state index contributed by atoms with van der Waals surface area (Å²) in [7, 11) is 0. The number of nitro benzene ring substituents is 1. The Bertz CT molecular complexity index is 734. The van der Waals surface area contributed by atoms with Crippen LogP contribution >= 0.6 is 0 Å². The molecule has 7 nitrogen and oxygen atoms in total. The summed E-state index contributed by atoms with van der Waals surface area (Å²) >= 11 is 0. The highest BCUT2D eigenvalue weighted by atomic mass is 16.6. The highest BCUT2D eigenvalue weighted by Gasteiger charge is 2.29. The smallest absolute Gasteiger partial charge is 0.319 e. The molecule has 130 valence electrons. The standard InChI is InChI=1S/C18H19N3O4/c22-18(20-15-6-8-16(9-7-15)21(23)24)19-12-14-10-11-25-17(14)13-4-2-1-3-5-13/h1-9,14,17H,10-12H2,(H2,19,20,22)/t14-,17-/m0/s1. The Morgan fingerprint density at radius 2 is 1.88 bits per heavy atom. The maximum absolute atomic E-state index is 12.0. The van der Waals surface area contributed by atoms with Gasteiger partial charge in [-0.05, 0) is 24.1 Å². The Labute approximate surface area is 145 Å². The normalized spacial score (nSPS) is 19.4. The first-order valence-corrected chi connectivity index (χ1v) is 8.09. The summed E-state index contributed by atoms with van der Waals surface area (Å²) in [5.74, 6) is 0.213. The van der Waals surface area contributed by atoms with Crippen LogP contribution in [0.15, 0.2) is 54.6 Å². The molecule has 3 rings (SSSR count). The molecule has 2 N–H and O–H groups in total. The number of hydrogen-bond donors (Lipinski definition) is 2. The maximum Gasteiger partial charge on any atom is 0.319 e. The van der Waals surface area contributed by atoms with E-state index in [4.69, 9.17) is 4.74 Å². The lowest BCUT2D eigenvalue weighted by molar-refractivity contribution is -0.384. The van der Waals surface area contributed by atoms with Crippen LogP contribution in [0.25, 0.3) is 0 Å². The summed E-state index contributed by atoms with van der Waals surface area (Å²) in [5, 5.41) is 16.1. The van der Waals surface area contributed by atoms with E-state index in [9.17, 15) is 14.9 Å². The molecule has 0 radical (unpaired) electrons. The highest BCUT2D eigenvalue weighted by molar-refractivity contribution is 5.89. The van der Waals surface area contributed by atoms with E-state index >= 15 is 0 Å². The van der Waals surface area contributed by atoms with Gasteiger partial charge < -0.3 is 15.4 Å². The summed E-state index contributed by atoms with van der Waals surface area (Å²) in [4.78, 5) is 22.2. The number of ether oxygens (including phenoxy) is 1. The van der Waals surface area contributed by atoms with E-state index in [1.807, 2.05) is 30.3 Å². The van der Waals surface area contributed by atoms with Gasteiger partial charge in [-0.3, -0.25) is 10.1 Å². The minimum atomic E-state index is -0.479. The largest absolute Gasteiger partial charge is 0.373 e. The van der Waals surface area contributed by atoms with Gasteiger partial charge in [0.15, 0.2) is 0 Å². The first-order chi connectivity index (χ1) is 12.1. The number of carbonyl (C=O) groups excluding carboxylic acids is 1. The second-order valence-corrected chi connectivity index (χ2v) is 5.89. The number of benzene rings is 2. The van der Waals surface area contributed by atoms with Crippen LogP contribution in [0, 0.1) is 16.0 Å². The molecule has 0 saturated carbocycles. The first kappa shape index (κ1) is 16.9. The van der Waals surface area contributed by atoms with E-state index in [2.05, 4.69) is 10.6 Å². The SMILES string of the molecule is O=C(NC[C@@H]1CCO[C@H]1c1ccccc1)Nc1ccc([N+](=O)[O-])cc1. The van der Waals surface area contributed by atoms with Gasteiger partial charge in [0.25, 0.3) is 5.69 Å². The quantitative estimate of drug-likeness (QED) is 0.643. The van der Waals surface area contributed by atoms with Gasteiger partial charge in [-0.1, -0.05) is 30.3 Å². The molecular weight excluding hydrogens is 322 g/mol. The number of non-ortho nitro benzene ring substituents is 1. The average Bonchev–Trinajstić information content (AvgIpc) is 3.10. The number of anilines is 1. The molecule has 0 aliphatic carbocycles. The van der Waals surface area contributed by atoms with Crippen molar-refractivity contribution in [2.75, 3.05) is 18.5 Å². The molecule has 1 heterocycles. The van der Waals surface area contributed by atoms with Gasteiger partial charge in [-0.2, -0.15) is 0 Å². The van der Waals surface area contributed by atoms with Gasteiger partial charge in [-0.25, -0.2) is 4.79 Å². The van der Waals surface area contributed by atoms with Crippen LogP contribution < -0.4 is 10.6 Å². The molecular formula is C18H19N3O4. The Balaban J connectivity index is 1.52. The third-order valence-electron chi connectivity index (χ3n) is 4.20. The fourth-order valence-electron chi connectivity index (χ4n) is 2.92. The maximum atomic E-state index is 12.0. The van der Waals surface area contributed by atoms with Crippen molar-refractivity contribution in [3.05, 3.63) is 70.3 Å². The summed E-state index contributed by atoms with van der Waals surface area (Å²) < 4.78 is 5.80. The lowest BCUT2D eigenvalue weighted by Crippen LogP contribution is -2.34. The lowest BCUT2D eigenvalue weighted by Gasteiger charge is -2.19. The van der Waals surface area contributed by atoms with Gasteiger partial charge >= 0.3 is 6.03 Å². The van der Waals surface area contributed by atoms with Gasteiger partial charge in [0.05, 0.1) is 11.0 Å². The molecule has 0 spiro atoms. The van der Waals surface area contributed by atoms with Crippen molar-refractivity contribution in [1.29, 1.82) is 0 Å². The van der Waals surface area contributed by atoms with E-state index in [0.29, 0.717) is 18.8 Å². The second kappa shape index (κ2) is 7.76. The summed E-state index contributed by atoms with van der Waals surface area (Å²) in [5.41, 5.74) is 1.60. The molecule has 1 aliphatic rings. The van der Waals surface area contributed by atoms with Gasteiger partial charge in [0.1, 0.15) is 0 Å². The molecule has 0 unspecified atom stereocenters. The van der Waals surface area contributed by atoms with E-state index in [1.54, 1.807) is 0 Å². The number of rotatable bonds is 5. The summed E-state index contributed by atoms with van der Waals surface area (Å²) in [6.45, 7) is 1.17. The number of nitrogens with one attached hydrogen (secondary N) is 2. The monoisotopic (exact) mass is 341 g/mol. The van der Waals surface area contributed by atoms with Gasteiger partial charge in [0.2, 0.25) is 0 Å². The molecule has 2 aromatic carbocycles. The van der Waals surface area contributed by atoms with Crippen LogP contribution in [0.1, 0.15) is 18.1 Å². The molecule has 7 heteroatoms. The molecule has 2 amide bonds. The third kappa shape index (κ3) is 4.33. The van der Waals surface area contributed by atoms with E-state index in [1.165, 1.54) is 24.3 Å². The second-order valence-electron chi connectivity index (χ2n) is 5.89. The molecule has 1 saturated heterocycles. The third-order valence-corrected chi connectivity index (χ3v) is 4.20. The van der Waals surface area contributed by atoms with Crippen molar-refractivity contribution in [1.82, 2.24) is 5.32 Å². The zero-order valence-electron chi connectivity index (χ0n) is 13.6. The van der Waals surface area contributed by atoms with Crippen LogP contribution in [0.2, 0.25) is 0 Å². The van der Waals surface area contributed by atoms with Crippen molar-refractivity contribution < 1.29 is 14.5 Å². The lowest BCUT2D eigenvalue weighted by atomic mass is 9.95. The fourth-order valence-corrected chi connectivity index (χ4v) is 2.92. The molecule has 0 aromatic heterocycles. The number of urea groups is 1. The predicted octanol–water partition coefficient (Wildman–Crippen LogP) is 3.49. The molecule has 1 fully saturated rings. The number of nitrogens with zero attached hydrogens (tertiary/aromatic N) is 1. The van der Waals surface area contributed by atoms with Crippen molar-refractivity contribution in [3.8, 4) is 0 Å². The minimum absolute atomic E-state index is 0.0131. The minimum Gasteiger partial charge on any atom is -0.373 e. The van der Waals surface area contributed by atoms with E-state index < -0.39 is 4.92 Å². The van der Waals surface area contributed by atoms with Gasteiger partial charge in [0, 0.05) is 36.9 Å². The Kier molecular flexibility index (Phi) is 5.25. The Morgan fingerprint density at radius 3 is 2.56 bits per heavy atom. The van der Waals surface area contributed by atoms with Gasteiger partial charge in [-0.15, -0.1) is 0 Å². The molecule has 2 atom stereocenters. The molecule has 2 aromatic rings. The number of nitro groups is 1. The fraction of sp³-hybridized carbons (Fsp3) is 0.278. The molecule has 0 bridgehead atoms.